The Bertz CT molecular complexity index is 972. The van der Waals surface area contributed by atoms with Crippen LogP contribution < -0.4 is 4.74 Å². The molecule has 1 amide bonds. The van der Waals surface area contributed by atoms with Crippen LogP contribution in [0.1, 0.15) is 10.5 Å². The molecule has 0 fully saturated rings. The average Bonchev–Trinajstić information content (AvgIpc) is 3.05. The lowest BCUT2D eigenvalue weighted by atomic mass is 10.2. The lowest BCUT2D eigenvalue weighted by molar-refractivity contribution is -0.384. The summed E-state index contributed by atoms with van der Waals surface area (Å²) in [7, 11) is 1.55. The van der Waals surface area contributed by atoms with Crippen molar-refractivity contribution in [2.45, 2.75) is 0 Å². The van der Waals surface area contributed by atoms with Crippen LogP contribution >= 0.6 is 0 Å². The van der Waals surface area contributed by atoms with E-state index < -0.39 is 16.6 Å². The highest BCUT2D eigenvalue weighted by Crippen LogP contribution is 2.23. The number of carbonyl (C=O) groups is 1. The molecule has 1 aromatic heterocycles. The van der Waals surface area contributed by atoms with Crippen LogP contribution in [-0.2, 0) is 0 Å². The van der Waals surface area contributed by atoms with Gasteiger partial charge in [0, 0.05) is 24.6 Å². The van der Waals surface area contributed by atoms with Crippen molar-refractivity contribution in [1.29, 1.82) is 0 Å². The van der Waals surface area contributed by atoms with Gasteiger partial charge >= 0.3 is 0 Å². The monoisotopic (exact) mass is 358 g/mol. The molecule has 0 bridgehead atoms. The van der Waals surface area contributed by atoms with E-state index >= 15 is 0 Å². The molecular formula is C17H15FN4O4. The maximum absolute atomic E-state index is 13.5. The third-order valence-electron chi connectivity index (χ3n) is 3.83. The van der Waals surface area contributed by atoms with Crippen LogP contribution in [0, 0.1) is 15.9 Å². The van der Waals surface area contributed by atoms with Crippen LogP contribution in [0.5, 0.6) is 5.75 Å². The molecule has 134 valence electrons. The van der Waals surface area contributed by atoms with Crippen LogP contribution in [0.4, 0.5) is 10.1 Å². The van der Waals surface area contributed by atoms with Gasteiger partial charge in [-0.25, -0.2) is 4.39 Å². The van der Waals surface area contributed by atoms with Gasteiger partial charge in [0.1, 0.15) is 6.61 Å². The van der Waals surface area contributed by atoms with Crippen molar-refractivity contribution in [3.8, 4) is 5.75 Å². The Kier molecular flexibility index (Phi) is 4.78. The molecule has 8 nitrogen and oxygen atoms in total. The summed E-state index contributed by atoms with van der Waals surface area (Å²) in [5, 5.41) is 17.9. The van der Waals surface area contributed by atoms with Crippen LogP contribution in [0.25, 0.3) is 10.9 Å². The number of para-hydroxylation sites is 1. The van der Waals surface area contributed by atoms with Gasteiger partial charge in [-0.3, -0.25) is 20.0 Å². The van der Waals surface area contributed by atoms with Gasteiger partial charge in [-0.2, -0.15) is 5.10 Å². The summed E-state index contributed by atoms with van der Waals surface area (Å²) < 4.78 is 18.8. The molecule has 0 aliphatic heterocycles. The number of non-ortho nitro benzene ring substituents is 1. The van der Waals surface area contributed by atoms with E-state index in [-0.39, 0.29) is 30.3 Å². The van der Waals surface area contributed by atoms with Crippen LogP contribution in [0.15, 0.2) is 42.5 Å². The topological polar surface area (TPSA) is 101 Å². The fraction of sp³-hybridized carbons (Fsp3) is 0.176. The number of aromatic amines is 1. The molecule has 2 aromatic carbocycles. The summed E-state index contributed by atoms with van der Waals surface area (Å²) in [4.78, 5) is 24.3. The van der Waals surface area contributed by atoms with Gasteiger partial charge in [0.2, 0.25) is 0 Å². The molecule has 3 rings (SSSR count). The van der Waals surface area contributed by atoms with Gasteiger partial charge in [-0.05, 0) is 18.2 Å². The van der Waals surface area contributed by atoms with Crippen LogP contribution in [-0.4, -0.2) is 46.1 Å². The van der Waals surface area contributed by atoms with Gasteiger partial charge < -0.3 is 9.64 Å². The number of hydrogen-bond acceptors (Lipinski definition) is 5. The summed E-state index contributed by atoms with van der Waals surface area (Å²) in [6, 6.07) is 10.1. The lowest BCUT2D eigenvalue weighted by Crippen LogP contribution is -2.31. The molecule has 1 heterocycles. The number of nitrogens with one attached hydrogen (secondary N) is 1. The number of nitrogens with zero attached hydrogens (tertiary/aromatic N) is 3. The highest BCUT2D eigenvalue weighted by molar-refractivity contribution is 6.05. The van der Waals surface area contributed by atoms with Crippen molar-refractivity contribution in [3.63, 3.8) is 0 Å². The molecule has 1 N–H and O–H groups in total. The number of rotatable bonds is 6. The van der Waals surface area contributed by atoms with E-state index in [9.17, 15) is 19.3 Å². The van der Waals surface area contributed by atoms with E-state index in [1.165, 1.54) is 35.2 Å². The molecule has 0 aliphatic rings. The Morgan fingerprint density at radius 2 is 2.12 bits per heavy atom. The number of aromatic nitrogens is 2. The van der Waals surface area contributed by atoms with Crippen LogP contribution in [0.2, 0.25) is 0 Å². The van der Waals surface area contributed by atoms with E-state index in [0.29, 0.717) is 10.9 Å². The van der Waals surface area contributed by atoms with Crippen molar-refractivity contribution in [2.24, 2.45) is 0 Å². The van der Waals surface area contributed by atoms with Gasteiger partial charge in [0.25, 0.3) is 11.6 Å². The minimum Gasteiger partial charge on any atom is -0.489 e. The lowest BCUT2D eigenvalue weighted by Gasteiger charge is -2.16. The zero-order chi connectivity index (χ0) is 18.7. The third-order valence-corrected chi connectivity index (χ3v) is 3.83. The second-order valence-electron chi connectivity index (χ2n) is 5.56. The Morgan fingerprint density at radius 3 is 2.85 bits per heavy atom. The number of H-pyrrole nitrogens is 1. The molecule has 3 aromatic rings. The number of benzene rings is 2. The SMILES string of the molecule is CN(CCOc1ccccc1F)C(=O)c1n[nH]c2ccc([N+](=O)[O-])cc12. The summed E-state index contributed by atoms with van der Waals surface area (Å²) in [5.74, 6) is -0.796. The molecule has 9 heteroatoms. The summed E-state index contributed by atoms with van der Waals surface area (Å²) in [5.41, 5.74) is 0.477. The number of likely N-dealkylation sites (N-methyl/N-ethyl adjacent to an activating group) is 1. The van der Waals surface area contributed by atoms with Crippen molar-refractivity contribution >= 4 is 22.5 Å². The molecular weight excluding hydrogens is 343 g/mol. The zero-order valence-corrected chi connectivity index (χ0v) is 13.8. The van der Waals surface area contributed by atoms with Crippen molar-refractivity contribution in [3.05, 3.63) is 64.1 Å². The predicted molar refractivity (Wildman–Crippen MR) is 91.6 cm³/mol. The first kappa shape index (κ1) is 17.3. The van der Waals surface area contributed by atoms with Gasteiger partial charge in [-0.1, -0.05) is 12.1 Å². The molecule has 0 saturated heterocycles. The van der Waals surface area contributed by atoms with E-state index in [4.69, 9.17) is 4.74 Å². The largest absolute Gasteiger partial charge is 0.489 e. The molecule has 0 radical (unpaired) electrons. The zero-order valence-electron chi connectivity index (χ0n) is 13.8. The highest BCUT2D eigenvalue weighted by atomic mass is 19.1. The smallest absolute Gasteiger partial charge is 0.274 e. The first-order valence-corrected chi connectivity index (χ1v) is 7.72. The van der Waals surface area contributed by atoms with Crippen molar-refractivity contribution < 1.29 is 18.8 Å². The molecule has 0 saturated carbocycles. The molecule has 0 spiro atoms. The minimum atomic E-state index is -0.535. The number of hydrogen-bond donors (Lipinski definition) is 1. The number of nitro groups is 1. The number of ether oxygens (including phenoxy) is 1. The number of nitro benzene ring substituents is 1. The maximum Gasteiger partial charge on any atom is 0.274 e. The molecule has 0 unspecified atom stereocenters. The minimum absolute atomic E-state index is 0.0806. The van der Waals surface area contributed by atoms with Crippen LogP contribution in [0.3, 0.4) is 0 Å². The average molecular weight is 358 g/mol. The van der Waals surface area contributed by atoms with E-state index in [1.807, 2.05) is 0 Å². The standard InChI is InChI=1S/C17H15FN4O4/c1-21(8-9-26-15-5-3-2-4-13(15)18)17(23)16-12-10-11(22(24)25)6-7-14(12)19-20-16/h2-7,10H,8-9H2,1H3,(H,19,20). The fourth-order valence-corrected chi connectivity index (χ4v) is 2.42. The number of amides is 1. The number of fused-ring (bicyclic) bond motifs is 1. The molecule has 26 heavy (non-hydrogen) atoms. The second-order valence-corrected chi connectivity index (χ2v) is 5.56. The molecule has 0 atom stereocenters. The van der Waals surface area contributed by atoms with E-state index in [0.717, 1.165) is 0 Å². The Labute approximate surface area is 147 Å². The van der Waals surface area contributed by atoms with E-state index in [1.54, 1.807) is 19.2 Å². The predicted octanol–water partition coefficient (Wildman–Crippen LogP) is 2.76. The van der Waals surface area contributed by atoms with Gasteiger partial charge in [-0.15, -0.1) is 0 Å². The highest BCUT2D eigenvalue weighted by Gasteiger charge is 2.20. The van der Waals surface area contributed by atoms with E-state index in [2.05, 4.69) is 10.2 Å². The summed E-state index contributed by atoms with van der Waals surface area (Å²) >= 11 is 0. The van der Waals surface area contributed by atoms with Crippen molar-refractivity contribution in [1.82, 2.24) is 15.1 Å². The third kappa shape index (κ3) is 3.46. The summed E-state index contributed by atoms with van der Waals surface area (Å²) in [6.07, 6.45) is 0. The second kappa shape index (κ2) is 7.18. The van der Waals surface area contributed by atoms with Gasteiger partial charge in [0.05, 0.1) is 17.0 Å². The first-order valence-electron chi connectivity index (χ1n) is 7.72. The maximum atomic E-state index is 13.5. The Balaban J connectivity index is 1.70. The summed E-state index contributed by atoms with van der Waals surface area (Å²) in [6.45, 7) is 0.280. The Hall–Kier alpha value is -3.49. The fourth-order valence-electron chi connectivity index (χ4n) is 2.42. The number of halogens is 1. The normalized spacial score (nSPS) is 10.7. The first-order chi connectivity index (χ1) is 12.5. The Morgan fingerprint density at radius 1 is 1.35 bits per heavy atom. The quantitative estimate of drug-likeness (QED) is 0.539. The van der Waals surface area contributed by atoms with Gasteiger partial charge in [0.15, 0.2) is 17.3 Å². The molecule has 0 aliphatic carbocycles. The number of carbonyl (C=O) groups excluding carboxylic acids is 1. The van der Waals surface area contributed by atoms with Crippen molar-refractivity contribution in [2.75, 3.05) is 20.2 Å².